The number of benzene rings is 1. The zero-order valence-electron chi connectivity index (χ0n) is 14.4. The summed E-state index contributed by atoms with van der Waals surface area (Å²) in [7, 11) is 1.66. The Balaban J connectivity index is 1.59. The zero-order valence-corrected chi connectivity index (χ0v) is 14.4. The summed E-state index contributed by atoms with van der Waals surface area (Å²) < 4.78 is 10.8. The standard InChI is InChI=1S/C19H31NO3/c1-22-19-11-9-16(10-12-19)14-23-15-18(21)13-20-17-7-5-3-2-4-6-8-17/h9-12,17-18,20-21H,2-8,13-15H2,1H3/p+1/t18-/m1/s1. The molecular formula is C19H32NO3+. The molecule has 1 saturated carbocycles. The number of nitrogens with two attached hydrogens (primary N) is 1. The molecule has 2 rings (SSSR count). The van der Waals surface area contributed by atoms with Crippen LogP contribution < -0.4 is 10.1 Å². The van der Waals surface area contributed by atoms with Crippen molar-refractivity contribution in [3.05, 3.63) is 29.8 Å². The van der Waals surface area contributed by atoms with Gasteiger partial charge in [-0.25, -0.2) is 0 Å². The van der Waals surface area contributed by atoms with Gasteiger partial charge in [0, 0.05) is 0 Å². The third kappa shape index (κ3) is 7.34. The molecule has 130 valence electrons. The second-order valence-electron chi connectivity index (χ2n) is 6.59. The van der Waals surface area contributed by atoms with Gasteiger partial charge in [0.1, 0.15) is 18.4 Å². The maximum atomic E-state index is 10.1. The Bertz CT molecular complexity index is 413. The number of methoxy groups -OCH3 is 1. The van der Waals surface area contributed by atoms with Crippen LogP contribution >= 0.6 is 0 Å². The van der Waals surface area contributed by atoms with Gasteiger partial charge < -0.3 is 19.9 Å². The van der Waals surface area contributed by atoms with Crippen molar-refractivity contribution in [3.8, 4) is 5.75 Å². The molecular weight excluding hydrogens is 290 g/mol. The van der Waals surface area contributed by atoms with Crippen molar-refractivity contribution in [2.24, 2.45) is 0 Å². The van der Waals surface area contributed by atoms with E-state index in [4.69, 9.17) is 9.47 Å². The lowest BCUT2D eigenvalue weighted by atomic mass is 9.96. The molecule has 3 N–H and O–H groups in total. The van der Waals surface area contributed by atoms with Crippen LogP contribution in [-0.2, 0) is 11.3 Å². The highest BCUT2D eigenvalue weighted by Crippen LogP contribution is 2.15. The summed E-state index contributed by atoms with van der Waals surface area (Å²) in [4.78, 5) is 0. The van der Waals surface area contributed by atoms with E-state index in [2.05, 4.69) is 5.32 Å². The summed E-state index contributed by atoms with van der Waals surface area (Å²) in [5.74, 6) is 0.850. The summed E-state index contributed by atoms with van der Waals surface area (Å²) in [5.41, 5.74) is 1.10. The lowest BCUT2D eigenvalue weighted by Gasteiger charge is -2.20. The second kappa shape index (κ2) is 10.6. The molecule has 1 aliphatic carbocycles. The Labute approximate surface area is 140 Å². The van der Waals surface area contributed by atoms with Crippen LogP contribution in [0.15, 0.2) is 24.3 Å². The van der Waals surface area contributed by atoms with Crippen LogP contribution in [0.1, 0.15) is 50.5 Å². The first-order chi connectivity index (χ1) is 11.3. The molecule has 1 aromatic rings. The molecule has 0 unspecified atom stereocenters. The van der Waals surface area contributed by atoms with Crippen LogP contribution in [-0.4, -0.2) is 37.5 Å². The van der Waals surface area contributed by atoms with Gasteiger partial charge in [-0.3, -0.25) is 0 Å². The van der Waals surface area contributed by atoms with E-state index in [0.717, 1.165) is 17.9 Å². The van der Waals surface area contributed by atoms with E-state index in [1.807, 2.05) is 24.3 Å². The van der Waals surface area contributed by atoms with E-state index in [-0.39, 0.29) is 0 Å². The number of aliphatic hydroxyl groups excluding tert-OH is 1. The first-order valence-corrected chi connectivity index (χ1v) is 9.00. The number of ether oxygens (including phenoxy) is 2. The van der Waals surface area contributed by atoms with Crippen molar-refractivity contribution in [1.29, 1.82) is 0 Å². The van der Waals surface area contributed by atoms with Crippen LogP contribution in [0.3, 0.4) is 0 Å². The molecule has 1 aromatic carbocycles. The number of quaternary nitrogens is 1. The second-order valence-corrected chi connectivity index (χ2v) is 6.59. The Morgan fingerprint density at radius 3 is 2.39 bits per heavy atom. The van der Waals surface area contributed by atoms with E-state index in [1.54, 1.807) is 7.11 Å². The molecule has 0 aromatic heterocycles. The van der Waals surface area contributed by atoms with E-state index in [9.17, 15) is 5.11 Å². The molecule has 23 heavy (non-hydrogen) atoms. The fourth-order valence-corrected chi connectivity index (χ4v) is 3.18. The van der Waals surface area contributed by atoms with Gasteiger partial charge >= 0.3 is 0 Å². The van der Waals surface area contributed by atoms with Gasteiger partial charge in [0.25, 0.3) is 0 Å². The molecule has 1 atom stereocenters. The molecule has 4 heteroatoms. The summed E-state index contributed by atoms with van der Waals surface area (Å²) in [5, 5.41) is 12.4. The monoisotopic (exact) mass is 322 g/mol. The van der Waals surface area contributed by atoms with Gasteiger partial charge in [0.2, 0.25) is 0 Å². The van der Waals surface area contributed by atoms with Gasteiger partial charge in [0.15, 0.2) is 0 Å². The Morgan fingerprint density at radius 2 is 1.74 bits per heavy atom. The van der Waals surface area contributed by atoms with Crippen LogP contribution in [0, 0.1) is 0 Å². The number of hydrogen-bond acceptors (Lipinski definition) is 3. The SMILES string of the molecule is COc1ccc(COC[C@H](O)C[NH2+]C2CCCCCCC2)cc1. The van der Waals surface area contributed by atoms with Crippen LogP contribution in [0.5, 0.6) is 5.75 Å². The Kier molecular flexibility index (Phi) is 8.43. The van der Waals surface area contributed by atoms with Gasteiger partial charge in [-0.05, 0) is 43.4 Å². The molecule has 0 heterocycles. The predicted molar refractivity (Wildman–Crippen MR) is 91.6 cm³/mol. The summed E-state index contributed by atoms with van der Waals surface area (Å²) in [6.07, 6.45) is 9.01. The van der Waals surface area contributed by atoms with Crippen LogP contribution in [0.2, 0.25) is 0 Å². The lowest BCUT2D eigenvalue weighted by Crippen LogP contribution is -2.92. The molecule has 0 bridgehead atoms. The fraction of sp³-hybridized carbons (Fsp3) is 0.684. The third-order valence-corrected chi connectivity index (χ3v) is 4.63. The van der Waals surface area contributed by atoms with E-state index in [1.165, 1.54) is 44.9 Å². The molecule has 0 aliphatic heterocycles. The van der Waals surface area contributed by atoms with Gasteiger partial charge in [-0.15, -0.1) is 0 Å². The van der Waals surface area contributed by atoms with Gasteiger partial charge in [-0.2, -0.15) is 0 Å². The number of aliphatic hydroxyl groups is 1. The molecule has 4 nitrogen and oxygen atoms in total. The maximum absolute atomic E-state index is 10.1. The molecule has 0 spiro atoms. The highest BCUT2D eigenvalue weighted by atomic mass is 16.5. The minimum absolute atomic E-state index is 0.390. The molecule has 0 amide bonds. The first kappa shape index (κ1) is 18.2. The van der Waals surface area contributed by atoms with Crippen molar-refractivity contribution in [2.75, 3.05) is 20.3 Å². The first-order valence-electron chi connectivity index (χ1n) is 9.00. The lowest BCUT2D eigenvalue weighted by molar-refractivity contribution is -0.696. The average Bonchev–Trinajstić information content (AvgIpc) is 2.54. The van der Waals surface area contributed by atoms with Crippen LogP contribution in [0.25, 0.3) is 0 Å². The molecule has 0 saturated heterocycles. The third-order valence-electron chi connectivity index (χ3n) is 4.63. The number of rotatable bonds is 8. The normalized spacial score (nSPS) is 18.2. The van der Waals surface area contributed by atoms with Gasteiger partial charge in [-0.1, -0.05) is 31.4 Å². The van der Waals surface area contributed by atoms with Crippen molar-refractivity contribution in [2.45, 2.75) is 63.7 Å². The molecule has 0 radical (unpaired) electrons. The Hall–Kier alpha value is -1.10. The zero-order chi connectivity index (χ0) is 16.3. The van der Waals surface area contributed by atoms with E-state index < -0.39 is 6.10 Å². The molecule has 1 aliphatic rings. The van der Waals surface area contributed by atoms with E-state index >= 15 is 0 Å². The van der Waals surface area contributed by atoms with Gasteiger partial charge in [0.05, 0.1) is 26.4 Å². The summed E-state index contributed by atoms with van der Waals surface area (Å²) in [6.45, 7) is 1.67. The highest BCUT2D eigenvalue weighted by Gasteiger charge is 2.16. The predicted octanol–water partition coefficient (Wildman–Crippen LogP) is 2.25. The topological polar surface area (TPSA) is 55.3 Å². The van der Waals surface area contributed by atoms with E-state index in [0.29, 0.717) is 19.3 Å². The Morgan fingerprint density at radius 1 is 1.09 bits per heavy atom. The summed E-state index contributed by atoms with van der Waals surface area (Å²) >= 11 is 0. The average molecular weight is 322 g/mol. The largest absolute Gasteiger partial charge is 0.497 e. The minimum atomic E-state index is -0.390. The quantitative estimate of drug-likeness (QED) is 0.772. The summed E-state index contributed by atoms with van der Waals surface area (Å²) in [6, 6.07) is 8.53. The van der Waals surface area contributed by atoms with Crippen molar-refractivity contribution in [3.63, 3.8) is 0 Å². The van der Waals surface area contributed by atoms with Crippen LogP contribution in [0.4, 0.5) is 0 Å². The van der Waals surface area contributed by atoms with Crippen molar-refractivity contribution >= 4 is 0 Å². The number of hydrogen-bond donors (Lipinski definition) is 2. The fourth-order valence-electron chi connectivity index (χ4n) is 3.18. The van der Waals surface area contributed by atoms with Crippen molar-refractivity contribution < 1.29 is 19.9 Å². The minimum Gasteiger partial charge on any atom is -0.497 e. The molecule has 1 fully saturated rings. The van der Waals surface area contributed by atoms with Crippen molar-refractivity contribution in [1.82, 2.24) is 0 Å². The smallest absolute Gasteiger partial charge is 0.126 e. The highest BCUT2D eigenvalue weighted by molar-refractivity contribution is 5.26. The maximum Gasteiger partial charge on any atom is 0.126 e.